The van der Waals surface area contributed by atoms with Crippen molar-refractivity contribution in [3.05, 3.63) is 12.5 Å². The normalized spacial score (nSPS) is 12.4. The van der Waals surface area contributed by atoms with Crippen molar-refractivity contribution in [1.82, 2.24) is 5.16 Å². The highest BCUT2D eigenvalue weighted by Crippen LogP contribution is 2.07. The van der Waals surface area contributed by atoms with Crippen LogP contribution in [0.2, 0.25) is 0 Å². The van der Waals surface area contributed by atoms with Crippen molar-refractivity contribution in [2.45, 2.75) is 19.8 Å². The highest BCUT2D eigenvalue weighted by molar-refractivity contribution is 5.90. The summed E-state index contributed by atoms with van der Waals surface area (Å²) in [7, 11) is 0. The third-order valence-electron chi connectivity index (χ3n) is 1.98. The van der Waals surface area contributed by atoms with Crippen LogP contribution < -0.4 is 11.1 Å². The van der Waals surface area contributed by atoms with E-state index in [1.165, 1.54) is 12.5 Å². The van der Waals surface area contributed by atoms with Gasteiger partial charge in [0.2, 0.25) is 5.91 Å². The Bertz CT molecular complexity index is 272. The third kappa shape index (κ3) is 3.57. The van der Waals surface area contributed by atoms with Gasteiger partial charge in [-0.1, -0.05) is 12.1 Å². The van der Waals surface area contributed by atoms with Crippen molar-refractivity contribution < 1.29 is 9.32 Å². The zero-order valence-corrected chi connectivity index (χ0v) is 8.19. The molecule has 5 heteroatoms. The second-order valence-corrected chi connectivity index (χ2v) is 3.34. The van der Waals surface area contributed by atoms with E-state index in [1.807, 2.05) is 6.92 Å². The van der Waals surface area contributed by atoms with Crippen LogP contribution in [0.1, 0.15) is 19.8 Å². The van der Waals surface area contributed by atoms with Crippen LogP contribution in [0, 0.1) is 5.92 Å². The molecule has 1 aromatic heterocycles. The lowest BCUT2D eigenvalue weighted by atomic mass is 10.1. The molecule has 14 heavy (non-hydrogen) atoms. The van der Waals surface area contributed by atoms with E-state index in [0.29, 0.717) is 24.6 Å². The fourth-order valence-corrected chi connectivity index (χ4v) is 0.985. The lowest BCUT2D eigenvalue weighted by Gasteiger charge is -2.06. The number of nitrogens with one attached hydrogen (secondary N) is 1. The van der Waals surface area contributed by atoms with E-state index in [2.05, 4.69) is 15.0 Å². The summed E-state index contributed by atoms with van der Waals surface area (Å²) in [6.45, 7) is 2.63. The predicted octanol–water partition coefficient (Wildman–Crippen LogP) is 0.988. The van der Waals surface area contributed by atoms with Gasteiger partial charge in [-0.3, -0.25) is 4.79 Å². The van der Waals surface area contributed by atoms with Crippen molar-refractivity contribution in [2.24, 2.45) is 11.7 Å². The zero-order chi connectivity index (χ0) is 10.4. The molecule has 5 nitrogen and oxygen atoms in total. The first-order valence-corrected chi connectivity index (χ1v) is 4.61. The zero-order valence-electron chi connectivity index (χ0n) is 8.19. The molecule has 0 saturated heterocycles. The molecule has 0 aliphatic rings. The minimum absolute atomic E-state index is 0.0338. The summed E-state index contributed by atoms with van der Waals surface area (Å²) < 4.78 is 4.58. The smallest absolute Gasteiger partial charge is 0.224 e. The molecule has 1 amide bonds. The van der Waals surface area contributed by atoms with E-state index in [1.54, 1.807) is 0 Å². The van der Waals surface area contributed by atoms with E-state index in [4.69, 9.17) is 5.73 Å². The molecule has 0 bridgehead atoms. The number of carbonyl (C=O) groups excluding carboxylic acids is 1. The second kappa shape index (κ2) is 5.39. The molecule has 0 aliphatic heterocycles. The molecule has 3 N–H and O–H groups in total. The number of nitrogens with zero attached hydrogens (tertiary/aromatic N) is 1. The molecule has 1 heterocycles. The van der Waals surface area contributed by atoms with Gasteiger partial charge in [-0.05, 0) is 18.9 Å². The maximum absolute atomic E-state index is 11.3. The predicted molar refractivity (Wildman–Crippen MR) is 52.6 cm³/mol. The molecule has 78 valence electrons. The third-order valence-corrected chi connectivity index (χ3v) is 1.98. The maximum atomic E-state index is 11.3. The Kier molecular flexibility index (Phi) is 4.12. The van der Waals surface area contributed by atoms with Crippen molar-refractivity contribution in [3.8, 4) is 0 Å². The first kappa shape index (κ1) is 10.7. The Balaban J connectivity index is 2.23. The van der Waals surface area contributed by atoms with Crippen molar-refractivity contribution in [3.63, 3.8) is 0 Å². The van der Waals surface area contributed by atoms with E-state index < -0.39 is 0 Å². The Labute approximate surface area is 82.6 Å². The quantitative estimate of drug-likeness (QED) is 0.737. The minimum Gasteiger partial charge on any atom is -0.363 e. The number of anilines is 1. The van der Waals surface area contributed by atoms with Gasteiger partial charge in [-0.15, -0.1) is 0 Å². The average Bonchev–Trinajstić information content (AvgIpc) is 2.66. The summed E-state index contributed by atoms with van der Waals surface area (Å²) in [4.78, 5) is 11.3. The molecule has 0 saturated carbocycles. The van der Waals surface area contributed by atoms with E-state index in [0.717, 1.165) is 6.42 Å². The lowest BCUT2D eigenvalue weighted by molar-refractivity contribution is -0.116. The maximum Gasteiger partial charge on any atom is 0.224 e. The van der Waals surface area contributed by atoms with Crippen LogP contribution in [-0.2, 0) is 4.79 Å². The molecule has 0 fully saturated rings. The van der Waals surface area contributed by atoms with Crippen LogP contribution in [0.5, 0.6) is 0 Å². The van der Waals surface area contributed by atoms with Crippen molar-refractivity contribution in [2.75, 3.05) is 11.9 Å². The van der Waals surface area contributed by atoms with Crippen LogP contribution in [0.15, 0.2) is 17.0 Å². The summed E-state index contributed by atoms with van der Waals surface area (Å²) >= 11 is 0. The number of carbonyl (C=O) groups is 1. The van der Waals surface area contributed by atoms with Gasteiger partial charge in [-0.25, -0.2) is 0 Å². The monoisotopic (exact) mass is 197 g/mol. The van der Waals surface area contributed by atoms with Gasteiger partial charge in [0.15, 0.2) is 0 Å². The summed E-state index contributed by atoms with van der Waals surface area (Å²) in [6.07, 6.45) is 4.13. The highest BCUT2D eigenvalue weighted by atomic mass is 16.5. The molecule has 0 aromatic carbocycles. The number of aromatic nitrogens is 1. The van der Waals surface area contributed by atoms with Crippen LogP contribution in [0.3, 0.4) is 0 Å². The standard InChI is InChI=1S/C9H15N3O2/c1-7(4-10)2-3-9(13)12-8-5-11-14-6-8/h5-7H,2-4,10H2,1H3,(H,12,13). The number of rotatable bonds is 5. The topological polar surface area (TPSA) is 81.2 Å². The molecule has 1 rings (SSSR count). The minimum atomic E-state index is -0.0338. The molecular weight excluding hydrogens is 182 g/mol. The van der Waals surface area contributed by atoms with Crippen molar-refractivity contribution >= 4 is 11.6 Å². The first-order valence-electron chi connectivity index (χ1n) is 4.61. The van der Waals surface area contributed by atoms with E-state index in [-0.39, 0.29) is 5.91 Å². The highest BCUT2D eigenvalue weighted by Gasteiger charge is 2.06. The van der Waals surface area contributed by atoms with E-state index >= 15 is 0 Å². The Morgan fingerprint density at radius 1 is 1.79 bits per heavy atom. The van der Waals surface area contributed by atoms with Gasteiger partial charge >= 0.3 is 0 Å². The summed E-state index contributed by atoms with van der Waals surface area (Å²) in [5.74, 6) is 0.344. The summed E-state index contributed by atoms with van der Waals surface area (Å²) in [5.41, 5.74) is 6.03. The van der Waals surface area contributed by atoms with Crippen LogP contribution >= 0.6 is 0 Å². The molecule has 0 aliphatic carbocycles. The molecule has 1 aromatic rings. The number of hydrogen-bond donors (Lipinski definition) is 2. The van der Waals surface area contributed by atoms with Gasteiger partial charge in [0.05, 0.1) is 6.20 Å². The Morgan fingerprint density at radius 2 is 2.57 bits per heavy atom. The average molecular weight is 197 g/mol. The van der Waals surface area contributed by atoms with Crippen LogP contribution in [-0.4, -0.2) is 17.6 Å². The number of amides is 1. The Morgan fingerprint density at radius 3 is 3.14 bits per heavy atom. The van der Waals surface area contributed by atoms with Gasteiger partial charge in [-0.2, -0.15) is 0 Å². The summed E-state index contributed by atoms with van der Waals surface area (Å²) in [6, 6.07) is 0. The SMILES string of the molecule is CC(CN)CCC(=O)Nc1cnoc1. The number of nitrogens with two attached hydrogens (primary N) is 1. The van der Waals surface area contributed by atoms with Crippen LogP contribution in [0.25, 0.3) is 0 Å². The fraction of sp³-hybridized carbons (Fsp3) is 0.556. The van der Waals surface area contributed by atoms with E-state index in [9.17, 15) is 4.79 Å². The summed E-state index contributed by atoms with van der Waals surface area (Å²) in [5, 5.41) is 6.14. The lowest BCUT2D eigenvalue weighted by Crippen LogP contribution is -2.16. The molecule has 1 unspecified atom stereocenters. The van der Waals surface area contributed by atoms with Gasteiger partial charge in [0.25, 0.3) is 0 Å². The largest absolute Gasteiger partial charge is 0.363 e. The first-order chi connectivity index (χ1) is 6.72. The molecule has 0 radical (unpaired) electrons. The molecule has 1 atom stereocenters. The molecular formula is C9H15N3O2. The van der Waals surface area contributed by atoms with Gasteiger partial charge in [0, 0.05) is 6.42 Å². The van der Waals surface area contributed by atoms with Crippen molar-refractivity contribution in [1.29, 1.82) is 0 Å². The van der Waals surface area contributed by atoms with Gasteiger partial charge < -0.3 is 15.6 Å². The fourth-order valence-electron chi connectivity index (χ4n) is 0.985. The number of hydrogen-bond acceptors (Lipinski definition) is 4. The molecule has 0 spiro atoms. The second-order valence-electron chi connectivity index (χ2n) is 3.34. The Hall–Kier alpha value is -1.36. The van der Waals surface area contributed by atoms with Gasteiger partial charge in [0.1, 0.15) is 12.0 Å². The van der Waals surface area contributed by atoms with Crippen LogP contribution in [0.4, 0.5) is 5.69 Å².